The van der Waals surface area contributed by atoms with E-state index in [1.54, 1.807) is 0 Å². The van der Waals surface area contributed by atoms with Crippen molar-refractivity contribution in [2.24, 2.45) is 0 Å². The summed E-state index contributed by atoms with van der Waals surface area (Å²) in [7, 11) is -4.03. The number of rotatable bonds is 5. The molecule has 0 unspecified atom stereocenters. The molecule has 1 atom stereocenters. The summed E-state index contributed by atoms with van der Waals surface area (Å²) in [5.74, 6) is -4.73. The Morgan fingerprint density at radius 3 is 2.36 bits per heavy atom. The maximum atomic E-state index is 13.7. The Hall–Kier alpha value is -2.06. The highest BCUT2D eigenvalue weighted by Gasteiger charge is 2.29. The monoisotopic (exact) mass is 391 g/mol. The molecule has 0 saturated carbocycles. The first-order valence-corrected chi connectivity index (χ1v) is 9.11. The molecule has 0 radical (unpaired) electrons. The Morgan fingerprint density at radius 2 is 1.76 bits per heavy atom. The molecule has 0 bridgehead atoms. The molecule has 0 aliphatic carbocycles. The number of benzene rings is 2. The maximum Gasteiger partial charge on any atom is 0.242 e. The number of amides is 1. The van der Waals surface area contributed by atoms with Gasteiger partial charge in [-0.3, -0.25) is 4.79 Å². The van der Waals surface area contributed by atoms with Crippen LogP contribution in [0.25, 0.3) is 0 Å². The van der Waals surface area contributed by atoms with Crippen molar-refractivity contribution in [1.29, 1.82) is 0 Å². The van der Waals surface area contributed by atoms with Crippen molar-refractivity contribution >= 4 is 33.0 Å². The number of hydrogen-bond acceptors (Lipinski definition) is 3. The van der Waals surface area contributed by atoms with Crippen LogP contribution >= 0.6 is 11.6 Å². The van der Waals surface area contributed by atoms with Gasteiger partial charge in [-0.15, -0.1) is 0 Å². The number of nitrogens with one attached hydrogen (secondary N) is 1. The second kappa shape index (κ2) is 7.45. The van der Waals surface area contributed by atoms with Crippen molar-refractivity contribution in [3.63, 3.8) is 0 Å². The van der Waals surface area contributed by atoms with E-state index in [0.29, 0.717) is 0 Å². The fourth-order valence-corrected chi connectivity index (χ4v) is 3.41. The highest BCUT2D eigenvalue weighted by atomic mass is 35.5. The van der Waals surface area contributed by atoms with E-state index in [4.69, 9.17) is 11.6 Å². The van der Waals surface area contributed by atoms with E-state index in [1.807, 2.05) is 0 Å². The van der Waals surface area contributed by atoms with Gasteiger partial charge in [0.15, 0.2) is 21.5 Å². The van der Waals surface area contributed by atoms with Crippen LogP contribution in [-0.2, 0) is 20.4 Å². The van der Waals surface area contributed by atoms with Crippen molar-refractivity contribution < 1.29 is 26.4 Å². The molecule has 2 aromatic carbocycles. The molecule has 2 aromatic rings. The van der Waals surface area contributed by atoms with Crippen LogP contribution in [0.2, 0.25) is 5.02 Å². The molecule has 25 heavy (non-hydrogen) atoms. The van der Waals surface area contributed by atoms with Gasteiger partial charge in [0.25, 0.3) is 0 Å². The fraction of sp³-hybridized carbons (Fsp3) is 0.188. The van der Waals surface area contributed by atoms with Crippen LogP contribution in [0.5, 0.6) is 0 Å². The van der Waals surface area contributed by atoms with Crippen LogP contribution in [0.15, 0.2) is 36.4 Å². The molecule has 0 heterocycles. The molecule has 4 nitrogen and oxygen atoms in total. The first-order chi connectivity index (χ1) is 11.6. The van der Waals surface area contributed by atoms with Gasteiger partial charge in [-0.2, -0.15) is 0 Å². The Balaban J connectivity index is 2.15. The second-order valence-corrected chi connectivity index (χ2v) is 8.07. The largest absolute Gasteiger partial charge is 0.322 e. The van der Waals surface area contributed by atoms with Crippen molar-refractivity contribution in [3.8, 4) is 0 Å². The maximum absolute atomic E-state index is 13.7. The number of carbonyl (C=O) groups excluding carboxylic acids is 1. The normalized spacial score (nSPS) is 12.7. The van der Waals surface area contributed by atoms with Crippen molar-refractivity contribution in [3.05, 3.63) is 64.4 Å². The molecular weight excluding hydrogens is 379 g/mol. The SMILES string of the molecule is C[C@H](C(=O)Nc1ccc(Cl)cc1F)S(=O)(=O)Cc1ccc(F)c(F)c1. The molecule has 0 aliphatic heterocycles. The molecule has 134 valence electrons. The van der Waals surface area contributed by atoms with Gasteiger partial charge >= 0.3 is 0 Å². The van der Waals surface area contributed by atoms with E-state index >= 15 is 0 Å². The van der Waals surface area contributed by atoms with E-state index in [0.717, 1.165) is 31.2 Å². The summed E-state index contributed by atoms with van der Waals surface area (Å²) < 4.78 is 64.3. The lowest BCUT2D eigenvalue weighted by atomic mass is 10.2. The molecule has 0 fully saturated rings. The van der Waals surface area contributed by atoms with Gasteiger partial charge in [0.05, 0.1) is 11.4 Å². The molecule has 1 amide bonds. The van der Waals surface area contributed by atoms with Gasteiger partial charge in [0.2, 0.25) is 5.91 Å². The van der Waals surface area contributed by atoms with Crippen molar-refractivity contribution in [2.45, 2.75) is 17.9 Å². The summed E-state index contributed by atoms with van der Waals surface area (Å²) in [6.45, 7) is 1.12. The Bertz CT molecular complexity index is 919. The van der Waals surface area contributed by atoms with E-state index < -0.39 is 44.2 Å². The Labute approximate surface area is 147 Å². The third-order valence-electron chi connectivity index (χ3n) is 3.45. The first-order valence-electron chi connectivity index (χ1n) is 7.01. The molecule has 0 aromatic heterocycles. The van der Waals surface area contributed by atoms with Gasteiger partial charge < -0.3 is 5.32 Å². The molecular formula is C16H13ClF3NO3S. The van der Waals surface area contributed by atoms with Crippen LogP contribution in [0.1, 0.15) is 12.5 Å². The topological polar surface area (TPSA) is 63.2 Å². The summed E-state index contributed by atoms with van der Waals surface area (Å²) >= 11 is 5.60. The van der Waals surface area contributed by atoms with Gasteiger partial charge in [0.1, 0.15) is 11.1 Å². The summed E-state index contributed by atoms with van der Waals surface area (Å²) in [6.07, 6.45) is 0. The Morgan fingerprint density at radius 1 is 1.08 bits per heavy atom. The average molecular weight is 392 g/mol. The quantitative estimate of drug-likeness (QED) is 0.845. The van der Waals surface area contributed by atoms with Crippen molar-refractivity contribution in [1.82, 2.24) is 0 Å². The van der Waals surface area contributed by atoms with Gasteiger partial charge in [0, 0.05) is 5.02 Å². The Kier molecular flexibility index (Phi) is 5.74. The highest BCUT2D eigenvalue weighted by molar-refractivity contribution is 7.92. The molecule has 9 heteroatoms. The second-order valence-electron chi connectivity index (χ2n) is 5.31. The van der Waals surface area contributed by atoms with E-state index in [-0.39, 0.29) is 16.3 Å². The predicted octanol–water partition coefficient (Wildman–Crippen LogP) is 3.70. The lowest BCUT2D eigenvalue weighted by Gasteiger charge is -2.14. The summed E-state index contributed by atoms with van der Waals surface area (Å²) in [5.41, 5.74) is -0.222. The predicted molar refractivity (Wildman–Crippen MR) is 88.5 cm³/mol. The standard InChI is InChI=1S/C16H13ClF3NO3S/c1-9(16(22)21-15-5-3-11(17)7-14(15)20)25(23,24)8-10-2-4-12(18)13(19)6-10/h2-7,9H,8H2,1H3,(H,21,22)/t9-/m1/s1. The summed E-state index contributed by atoms with van der Waals surface area (Å²) in [6, 6.07) is 6.16. The third-order valence-corrected chi connectivity index (χ3v) is 5.71. The lowest BCUT2D eigenvalue weighted by Crippen LogP contribution is -2.33. The summed E-state index contributed by atoms with van der Waals surface area (Å²) in [5, 5.41) is 0.752. The van der Waals surface area contributed by atoms with E-state index in [1.165, 1.54) is 12.1 Å². The van der Waals surface area contributed by atoms with Crippen LogP contribution in [0.4, 0.5) is 18.9 Å². The average Bonchev–Trinajstić information content (AvgIpc) is 2.52. The van der Waals surface area contributed by atoms with Gasteiger partial charge in [-0.25, -0.2) is 21.6 Å². The molecule has 0 aliphatic rings. The molecule has 2 rings (SSSR count). The molecule has 0 saturated heterocycles. The number of anilines is 1. The van der Waals surface area contributed by atoms with E-state index in [9.17, 15) is 26.4 Å². The number of hydrogen-bond donors (Lipinski definition) is 1. The summed E-state index contributed by atoms with van der Waals surface area (Å²) in [4.78, 5) is 12.1. The zero-order valence-electron chi connectivity index (χ0n) is 12.9. The van der Waals surface area contributed by atoms with Crippen LogP contribution in [0, 0.1) is 17.5 Å². The highest BCUT2D eigenvalue weighted by Crippen LogP contribution is 2.20. The van der Waals surface area contributed by atoms with Crippen molar-refractivity contribution in [2.75, 3.05) is 5.32 Å². The molecule has 0 spiro atoms. The number of carbonyl (C=O) groups is 1. The number of sulfone groups is 1. The van der Waals surface area contributed by atoms with Gasteiger partial charge in [-0.1, -0.05) is 17.7 Å². The lowest BCUT2D eigenvalue weighted by molar-refractivity contribution is -0.115. The van der Waals surface area contributed by atoms with Crippen LogP contribution in [-0.4, -0.2) is 19.6 Å². The minimum atomic E-state index is -4.03. The molecule has 1 N–H and O–H groups in total. The number of halogens is 4. The first kappa shape index (κ1) is 19.3. The zero-order chi connectivity index (χ0) is 18.8. The third kappa shape index (κ3) is 4.73. The zero-order valence-corrected chi connectivity index (χ0v) is 14.5. The van der Waals surface area contributed by atoms with Crippen LogP contribution in [0.3, 0.4) is 0 Å². The van der Waals surface area contributed by atoms with E-state index in [2.05, 4.69) is 5.32 Å². The smallest absolute Gasteiger partial charge is 0.242 e. The van der Waals surface area contributed by atoms with Gasteiger partial charge in [-0.05, 0) is 42.8 Å². The van der Waals surface area contributed by atoms with Crippen LogP contribution < -0.4 is 5.32 Å². The minimum absolute atomic E-state index is 0.00350. The fourth-order valence-electron chi connectivity index (χ4n) is 1.98. The minimum Gasteiger partial charge on any atom is -0.322 e.